The van der Waals surface area contributed by atoms with Crippen LogP contribution in [0.25, 0.3) is 0 Å². The van der Waals surface area contributed by atoms with Crippen molar-refractivity contribution in [2.24, 2.45) is 0 Å². The van der Waals surface area contributed by atoms with Crippen molar-refractivity contribution in [3.05, 3.63) is 21.9 Å². The number of carboxylic acids is 1. The van der Waals surface area contributed by atoms with Crippen molar-refractivity contribution in [1.82, 2.24) is 5.32 Å². The van der Waals surface area contributed by atoms with E-state index < -0.39 is 5.97 Å². The van der Waals surface area contributed by atoms with Gasteiger partial charge in [0.1, 0.15) is 4.88 Å². The van der Waals surface area contributed by atoms with Gasteiger partial charge in [0.05, 0.1) is 4.88 Å². The summed E-state index contributed by atoms with van der Waals surface area (Å²) in [6, 6.07) is 3.30. The van der Waals surface area contributed by atoms with E-state index in [2.05, 4.69) is 5.32 Å². The maximum absolute atomic E-state index is 11.6. The molecule has 0 spiro atoms. The predicted octanol–water partition coefficient (Wildman–Crippen LogP) is 1.73. The first-order valence-corrected chi connectivity index (χ1v) is 5.62. The Hall–Kier alpha value is -1.36. The van der Waals surface area contributed by atoms with E-state index in [1.807, 2.05) is 0 Å². The van der Waals surface area contributed by atoms with Crippen LogP contribution in [0.1, 0.15) is 38.6 Å². The molecule has 80 valence electrons. The van der Waals surface area contributed by atoms with Crippen molar-refractivity contribution in [3.8, 4) is 0 Å². The lowest BCUT2D eigenvalue weighted by Crippen LogP contribution is -2.39. The number of carbonyl (C=O) groups excluding carboxylic acids is 1. The SMILES string of the molecule is O=C(O)c1ccc(C(=O)NC2CCC2)s1. The van der Waals surface area contributed by atoms with Gasteiger partial charge in [-0.3, -0.25) is 4.79 Å². The fourth-order valence-electron chi connectivity index (χ4n) is 1.38. The number of hydrogen-bond acceptors (Lipinski definition) is 3. The average molecular weight is 225 g/mol. The number of nitrogens with one attached hydrogen (secondary N) is 1. The molecular weight excluding hydrogens is 214 g/mol. The molecule has 0 saturated heterocycles. The molecule has 1 aromatic heterocycles. The van der Waals surface area contributed by atoms with Crippen molar-refractivity contribution in [2.45, 2.75) is 25.3 Å². The van der Waals surface area contributed by atoms with Gasteiger partial charge in [-0.15, -0.1) is 11.3 Å². The van der Waals surface area contributed by atoms with E-state index in [0.29, 0.717) is 4.88 Å². The molecular formula is C10H11NO3S. The summed E-state index contributed by atoms with van der Waals surface area (Å²) in [5.74, 6) is -1.14. The topological polar surface area (TPSA) is 66.4 Å². The Morgan fingerprint density at radius 3 is 2.47 bits per heavy atom. The second-order valence-corrected chi connectivity index (χ2v) is 4.65. The largest absolute Gasteiger partial charge is 0.477 e. The highest BCUT2D eigenvalue weighted by molar-refractivity contribution is 7.15. The van der Waals surface area contributed by atoms with Crippen molar-refractivity contribution < 1.29 is 14.7 Å². The van der Waals surface area contributed by atoms with Crippen LogP contribution >= 0.6 is 11.3 Å². The smallest absolute Gasteiger partial charge is 0.345 e. The summed E-state index contributed by atoms with van der Waals surface area (Å²) in [5, 5.41) is 11.6. The standard InChI is InChI=1S/C10H11NO3S/c12-9(11-6-2-1-3-6)7-4-5-8(15-7)10(13)14/h4-6H,1-3H2,(H,11,12)(H,13,14). The lowest BCUT2D eigenvalue weighted by Gasteiger charge is -2.25. The highest BCUT2D eigenvalue weighted by Crippen LogP contribution is 2.21. The van der Waals surface area contributed by atoms with Gasteiger partial charge in [-0.2, -0.15) is 0 Å². The molecule has 0 radical (unpaired) electrons. The Morgan fingerprint density at radius 1 is 1.33 bits per heavy atom. The highest BCUT2D eigenvalue weighted by Gasteiger charge is 2.21. The first kappa shape index (κ1) is 10.2. The number of amides is 1. The zero-order valence-corrected chi connectivity index (χ0v) is 8.84. The summed E-state index contributed by atoms with van der Waals surface area (Å²) in [6.45, 7) is 0. The third-order valence-corrected chi connectivity index (χ3v) is 3.55. The molecule has 1 heterocycles. The van der Waals surface area contributed by atoms with E-state index in [1.54, 1.807) is 6.07 Å². The van der Waals surface area contributed by atoms with E-state index in [1.165, 1.54) is 6.07 Å². The number of thiophene rings is 1. The summed E-state index contributed by atoms with van der Waals surface area (Å²) in [4.78, 5) is 22.9. The van der Waals surface area contributed by atoms with Gasteiger partial charge in [0.25, 0.3) is 5.91 Å². The normalized spacial score (nSPS) is 15.7. The molecule has 15 heavy (non-hydrogen) atoms. The molecule has 5 heteroatoms. The number of rotatable bonds is 3. The van der Waals surface area contributed by atoms with Crippen LogP contribution in [-0.2, 0) is 0 Å². The van der Waals surface area contributed by atoms with Gasteiger partial charge in [-0.05, 0) is 31.4 Å². The highest BCUT2D eigenvalue weighted by atomic mass is 32.1. The van der Waals surface area contributed by atoms with E-state index in [0.717, 1.165) is 30.6 Å². The molecule has 0 aliphatic heterocycles. The van der Waals surface area contributed by atoms with E-state index >= 15 is 0 Å². The minimum atomic E-state index is -0.984. The monoisotopic (exact) mass is 225 g/mol. The van der Waals surface area contributed by atoms with Gasteiger partial charge in [0.15, 0.2) is 0 Å². The van der Waals surface area contributed by atoms with Crippen LogP contribution in [-0.4, -0.2) is 23.0 Å². The van der Waals surface area contributed by atoms with Gasteiger partial charge >= 0.3 is 5.97 Å². The molecule has 1 aliphatic carbocycles. The second-order valence-electron chi connectivity index (χ2n) is 3.57. The summed E-state index contributed by atoms with van der Waals surface area (Å²) in [5.41, 5.74) is 0. The summed E-state index contributed by atoms with van der Waals surface area (Å²) in [6.07, 6.45) is 3.22. The van der Waals surface area contributed by atoms with Crippen LogP contribution in [0.5, 0.6) is 0 Å². The van der Waals surface area contributed by atoms with Crippen LogP contribution in [0, 0.1) is 0 Å². The number of aromatic carboxylic acids is 1. The van der Waals surface area contributed by atoms with Crippen LogP contribution in [0.2, 0.25) is 0 Å². The molecule has 0 aromatic carbocycles. The number of carbonyl (C=O) groups is 2. The fraction of sp³-hybridized carbons (Fsp3) is 0.400. The molecule has 4 nitrogen and oxygen atoms in total. The Balaban J connectivity index is 2.01. The summed E-state index contributed by atoms with van der Waals surface area (Å²) in [7, 11) is 0. The third-order valence-electron chi connectivity index (χ3n) is 2.48. The minimum absolute atomic E-state index is 0.155. The van der Waals surface area contributed by atoms with Gasteiger partial charge in [0, 0.05) is 6.04 Å². The van der Waals surface area contributed by atoms with Crippen molar-refractivity contribution in [3.63, 3.8) is 0 Å². The fourth-order valence-corrected chi connectivity index (χ4v) is 2.13. The maximum Gasteiger partial charge on any atom is 0.345 e. The van der Waals surface area contributed by atoms with Crippen molar-refractivity contribution >= 4 is 23.2 Å². The molecule has 1 saturated carbocycles. The lowest BCUT2D eigenvalue weighted by molar-refractivity contribution is 0.0702. The Morgan fingerprint density at radius 2 is 2.00 bits per heavy atom. The molecule has 0 atom stereocenters. The van der Waals surface area contributed by atoms with Crippen LogP contribution in [0.4, 0.5) is 0 Å². The molecule has 0 unspecified atom stereocenters. The summed E-state index contributed by atoms with van der Waals surface area (Å²) >= 11 is 1.01. The van der Waals surface area contributed by atoms with Crippen molar-refractivity contribution in [1.29, 1.82) is 0 Å². The average Bonchev–Trinajstić information content (AvgIpc) is 2.59. The molecule has 2 N–H and O–H groups in total. The number of hydrogen-bond donors (Lipinski definition) is 2. The van der Waals surface area contributed by atoms with E-state index in [-0.39, 0.29) is 16.8 Å². The molecule has 2 rings (SSSR count). The third kappa shape index (κ3) is 2.18. The quantitative estimate of drug-likeness (QED) is 0.823. The van der Waals surface area contributed by atoms with Crippen LogP contribution in [0.3, 0.4) is 0 Å². The van der Waals surface area contributed by atoms with Crippen LogP contribution in [0.15, 0.2) is 12.1 Å². The molecule has 0 bridgehead atoms. The maximum atomic E-state index is 11.6. The Labute approximate surface area is 90.9 Å². The minimum Gasteiger partial charge on any atom is -0.477 e. The Kier molecular flexibility index (Phi) is 2.73. The lowest BCUT2D eigenvalue weighted by atomic mass is 9.93. The van der Waals surface area contributed by atoms with E-state index in [4.69, 9.17) is 5.11 Å². The van der Waals surface area contributed by atoms with E-state index in [9.17, 15) is 9.59 Å². The van der Waals surface area contributed by atoms with Gasteiger partial charge in [-0.1, -0.05) is 0 Å². The van der Waals surface area contributed by atoms with Crippen molar-refractivity contribution in [2.75, 3.05) is 0 Å². The summed E-state index contributed by atoms with van der Waals surface area (Å²) < 4.78 is 0. The molecule has 1 fully saturated rings. The molecule has 1 aromatic rings. The zero-order chi connectivity index (χ0) is 10.8. The Bertz CT molecular complexity index is 395. The van der Waals surface area contributed by atoms with Gasteiger partial charge in [0.2, 0.25) is 0 Å². The first-order valence-electron chi connectivity index (χ1n) is 4.81. The second kappa shape index (κ2) is 4.02. The first-order chi connectivity index (χ1) is 7.16. The van der Waals surface area contributed by atoms with Gasteiger partial charge < -0.3 is 10.4 Å². The predicted molar refractivity (Wildman–Crippen MR) is 56.4 cm³/mol. The number of carboxylic acid groups (broad SMARTS) is 1. The van der Waals surface area contributed by atoms with Crippen LogP contribution < -0.4 is 5.32 Å². The molecule has 1 aliphatic rings. The zero-order valence-electron chi connectivity index (χ0n) is 8.03. The van der Waals surface area contributed by atoms with Gasteiger partial charge in [-0.25, -0.2) is 4.79 Å². The molecule has 1 amide bonds.